The minimum absolute atomic E-state index is 0.142. The average molecular weight is 325 g/mol. The molecule has 1 unspecified atom stereocenters. The number of amides is 1. The predicted octanol–water partition coefficient (Wildman–Crippen LogP) is 1.83. The van der Waals surface area contributed by atoms with Gasteiger partial charge in [-0.3, -0.25) is 9.59 Å². The summed E-state index contributed by atoms with van der Waals surface area (Å²) in [5, 5.41) is 11.6. The van der Waals surface area contributed by atoms with Gasteiger partial charge in [0, 0.05) is 5.56 Å². The maximum absolute atomic E-state index is 12.3. The van der Waals surface area contributed by atoms with Crippen molar-refractivity contribution in [2.45, 2.75) is 19.4 Å². The molecule has 0 saturated heterocycles. The number of thioether (sulfide) groups is 1. The normalized spacial score (nSPS) is 11.6. The van der Waals surface area contributed by atoms with Crippen molar-refractivity contribution in [1.29, 1.82) is 0 Å². The molecule has 0 aromatic heterocycles. The van der Waals surface area contributed by atoms with Crippen LogP contribution in [-0.2, 0) is 4.79 Å². The maximum atomic E-state index is 12.3. The Kier molecular flexibility index (Phi) is 6.91. The number of Topliss-reactive ketones (excluding diaryl/α,β-unsaturated/α-hetero) is 1. The van der Waals surface area contributed by atoms with Gasteiger partial charge in [0.15, 0.2) is 5.78 Å². The van der Waals surface area contributed by atoms with Crippen LogP contribution in [0.3, 0.4) is 0 Å². The summed E-state index contributed by atoms with van der Waals surface area (Å²) in [7, 11) is 1.46. The summed E-state index contributed by atoms with van der Waals surface area (Å²) in [4.78, 5) is 35.1. The van der Waals surface area contributed by atoms with Crippen LogP contribution in [0.25, 0.3) is 0 Å². The van der Waals surface area contributed by atoms with E-state index in [0.717, 1.165) is 0 Å². The third-order valence-corrected chi connectivity index (χ3v) is 3.71. The van der Waals surface area contributed by atoms with Gasteiger partial charge in [-0.25, -0.2) is 4.79 Å². The molecule has 0 aliphatic rings. The predicted molar refractivity (Wildman–Crippen MR) is 84.9 cm³/mol. The molecule has 0 fully saturated rings. The van der Waals surface area contributed by atoms with Gasteiger partial charge in [0.05, 0.1) is 12.7 Å². The highest BCUT2D eigenvalue weighted by Crippen LogP contribution is 2.18. The van der Waals surface area contributed by atoms with Crippen LogP contribution in [0.5, 0.6) is 5.75 Å². The van der Waals surface area contributed by atoms with Gasteiger partial charge in [-0.15, -0.1) is 0 Å². The Morgan fingerprint density at radius 3 is 2.50 bits per heavy atom. The molecule has 1 rings (SSSR count). The molecule has 0 aliphatic heterocycles. The number of carboxylic acids is 1. The van der Waals surface area contributed by atoms with E-state index in [9.17, 15) is 14.4 Å². The second-order valence-electron chi connectivity index (χ2n) is 4.61. The van der Waals surface area contributed by atoms with E-state index in [0.29, 0.717) is 17.9 Å². The topological polar surface area (TPSA) is 92.7 Å². The van der Waals surface area contributed by atoms with Crippen molar-refractivity contribution < 1.29 is 24.2 Å². The van der Waals surface area contributed by atoms with Gasteiger partial charge in [-0.05, 0) is 43.6 Å². The van der Waals surface area contributed by atoms with E-state index in [-0.39, 0.29) is 16.9 Å². The van der Waals surface area contributed by atoms with Gasteiger partial charge < -0.3 is 15.2 Å². The number of carboxylic acid groups (broad SMARTS) is 1. The first-order valence-electron chi connectivity index (χ1n) is 6.62. The molecule has 0 bridgehead atoms. The molecular formula is C15H19NO5S. The molecular weight excluding hydrogens is 306 g/mol. The highest BCUT2D eigenvalue weighted by atomic mass is 32.2. The lowest BCUT2D eigenvalue weighted by Crippen LogP contribution is -2.41. The molecule has 6 nitrogen and oxygen atoms in total. The summed E-state index contributed by atoms with van der Waals surface area (Å²) in [5.41, 5.74) is 0.342. The summed E-state index contributed by atoms with van der Waals surface area (Å²) in [5.74, 6) is -0.903. The molecule has 120 valence electrons. The van der Waals surface area contributed by atoms with Gasteiger partial charge in [-0.1, -0.05) is 0 Å². The van der Waals surface area contributed by atoms with Gasteiger partial charge in [-0.2, -0.15) is 11.8 Å². The number of carbonyl (C=O) groups is 3. The highest BCUT2D eigenvalue weighted by Gasteiger charge is 2.22. The molecule has 7 heteroatoms. The van der Waals surface area contributed by atoms with Gasteiger partial charge in [0.2, 0.25) is 0 Å². The number of carbonyl (C=O) groups excluding carboxylic acids is 2. The second kappa shape index (κ2) is 8.43. The minimum atomic E-state index is -1.10. The molecule has 22 heavy (non-hydrogen) atoms. The fraction of sp³-hybridized carbons (Fsp3) is 0.400. The number of nitrogens with one attached hydrogen (secondary N) is 1. The van der Waals surface area contributed by atoms with E-state index >= 15 is 0 Å². The van der Waals surface area contributed by atoms with Crippen molar-refractivity contribution in [1.82, 2.24) is 5.32 Å². The van der Waals surface area contributed by atoms with Crippen LogP contribution in [0.4, 0.5) is 0 Å². The molecule has 1 aromatic carbocycles. The molecule has 1 atom stereocenters. The third-order valence-electron chi connectivity index (χ3n) is 3.06. The second-order valence-corrected chi connectivity index (χ2v) is 5.60. The number of ether oxygens (including phenoxy) is 1. The Morgan fingerprint density at radius 2 is 2.00 bits per heavy atom. The lowest BCUT2D eigenvalue weighted by atomic mass is 10.0. The Hall–Kier alpha value is -2.02. The number of benzene rings is 1. The molecule has 1 amide bonds. The van der Waals surface area contributed by atoms with Crippen LogP contribution in [0.15, 0.2) is 18.2 Å². The molecule has 0 aliphatic carbocycles. The molecule has 0 saturated carbocycles. The number of aliphatic carboxylic acids is 1. The summed E-state index contributed by atoms with van der Waals surface area (Å²) in [6.45, 7) is 1.34. The minimum Gasteiger partial charge on any atom is -0.497 e. The molecule has 0 radical (unpaired) electrons. The van der Waals surface area contributed by atoms with E-state index in [2.05, 4.69) is 5.32 Å². The van der Waals surface area contributed by atoms with E-state index in [1.165, 1.54) is 37.9 Å². The summed E-state index contributed by atoms with van der Waals surface area (Å²) >= 11 is 1.50. The first-order chi connectivity index (χ1) is 10.4. The van der Waals surface area contributed by atoms with Crippen molar-refractivity contribution in [3.05, 3.63) is 29.3 Å². The van der Waals surface area contributed by atoms with Crippen molar-refractivity contribution in [2.75, 3.05) is 19.1 Å². The van der Waals surface area contributed by atoms with Gasteiger partial charge >= 0.3 is 5.97 Å². The monoisotopic (exact) mass is 325 g/mol. The fourth-order valence-electron chi connectivity index (χ4n) is 1.87. The fourth-order valence-corrected chi connectivity index (χ4v) is 2.34. The first-order valence-corrected chi connectivity index (χ1v) is 8.01. The quantitative estimate of drug-likeness (QED) is 0.708. The van der Waals surface area contributed by atoms with Crippen molar-refractivity contribution in [3.63, 3.8) is 0 Å². The SMILES string of the molecule is COc1ccc(C(=O)NC(CCSC)C(=O)O)c(C(C)=O)c1. The zero-order valence-corrected chi connectivity index (χ0v) is 13.5. The summed E-state index contributed by atoms with van der Waals surface area (Å²) in [6.07, 6.45) is 2.17. The first kappa shape index (κ1) is 18.0. The number of hydrogen-bond donors (Lipinski definition) is 2. The summed E-state index contributed by atoms with van der Waals surface area (Å²) < 4.78 is 5.03. The zero-order valence-electron chi connectivity index (χ0n) is 12.7. The average Bonchev–Trinajstić information content (AvgIpc) is 2.50. The van der Waals surface area contributed by atoms with Gasteiger partial charge in [0.25, 0.3) is 5.91 Å². The van der Waals surface area contributed by atoms with Crippen LogP contribution in [0, 0.1) is 0 Å². The smallest absolute Gasteiger partial charge is 0.326 e. The molecule has 2 N–H and O–H groups in total. The lowest BCUT2D eigenvalue weighted by molar-refractivity contribution is -0.139. The Bertz CT molecular complexity index is 573. The van der Waals surface area contributed by atoms with E-state index in [1.54, 1.807) is 6.07 Å². The van der Waals surface area contributed by atoms with Crippen LogP contribution in [0.1, 0.15) is 34.1 Å². The number of methoxy groups -OCH3 is 1. The standard InChI is InChI=1S/C15H19NO5S/c1-9(17)12-8-10(21-2)4-5-11(12)14(18)16-13(15(19)20)6-7-22-3/h4-5,8,13H,6-7H2,1-3H3,(H,16,18)(H,19,20). The van der Waals surface area contributed by atoms with Gasteiger partial charge in [0.1, 0.15) is 11.8 Å². The Balaban J connectivity index is 3.01. The van der Waals surface area contributed by atoms with Crippen LogP contribution in [-0.4, -0.2) is 47.9 Å². The summed E-state index contributed by atoms with van der Waals surface area (Å²) in [6, 6.07) is 3.49. The largest absolute Gasteiger partial charge is 0.497 e. The van der Waals surface area contributed by atoms with Crippen LogP contribution in [0.2, 0.25) is 0 Å². The number of hydrogen-bond acceptors (Lipinski definition) is 5. The maximum Gasteiger partial charge on any atom is 0.326 e. The van der Waals surface area contributed by atoms with Crippen LogP contribution >= 0.6 is 11.8 Å². The highest BCUT2D eigenvalue weighted by molar-refractivity contribution is 7.98. The number of ketones is 1. The van der Waals surface area contributed by atoms with Crippen molar-refractivity contribution in [3.8, 4) is 5.75 Å². The Labute approximate surface area is 133 Å². The van der Waals surface area contributed by atoms with Crippen molar-refractivity contribution >= 4 is 29.4 Å². The zero-order chi connectivity index (χ0) is 16.7. The molecule has 1 aromatic rings. The van der Waals surface area contributed by atoms with Crippen molar-refractivity contribution in [2.24, 2.45) is 0 Å². The third kappa shape index (κ3) is 4.77. The number of rotatable bonds is 8. The molecule has 0 heterocycles. The van der Waals surface area contributed by atoms with E-state index < -0.39 is 17.9 Å². The van der Waals surface area contributed by atoms with E-state index in [4.69, 9.17) is 9.84 Å². The Morgan fingerprint density at radius 1 is 1.32 bits per heavy atom. The lowest BCUT2D eigenvalue weighted by Gasteiger charge is -2.15. The van der Waals surface area contributed by atoms with E-state index in [1.807, 2.05) is 6.26 Å². The van der Waals surface area contributed by atoms with Crippen LogP contribution < -0.4 is 10.1 Å². The molecule has 0 spiro atoms.